The molecule has 2 rings (SSSR count). The number of nitrogens with one attached hydrogen (secondary N) is 2. The highest BCUT2D eigenvalue weighted by molar-refractivity contribution is 7.89. The van der Waals surface area contributed by atoms with Crippen LogP contribution in [0.4, 0.5) is 0 Å². The van der Waals surface area contributed by atoms with Crippen molar-refractivity contribution < 1.29 is 13.2 Å². The maximum Gasteiger partial charge on any atom is 0.240 e. The van der Waals surface area contributed by atoms with E-state index < -0.39 is 10.0 Å². The number of rotatable bonds is 7. The maximum atomic E-state index is 12.0. The Hall–Kier alpha value is -1.40. The van der Waals surface area contributed by atoms with Gasteiger partial charge in [-0.25, -0.2) is 13.1 Å². The molecule has 1 aromatic rings. The van der Waals surface area contributed by atoms with E-state index in [0.29, 0.717) is 6.54 Å². The van der Waals surface area contributed by atoms with Gasteiger partial charge in [-0.3, -0.25) is 4.79 Å². The van der Waals surface area contributed by atoms with Crippen LogP contribution in [0.25, 0.3) is 0 Å². The molecule has 0 heterocycles. The molecule has 0 spiro atoms. The number of hydrogen-bond donors (Lipinski definition) is 2. The van der Waals surface area contributed by atoms with Crippen LogP contribution in [0.5, 0.6) is 0 Å². The lowest BCUT2D eigenvalue weighted by Crippen LogP contribution is -2.35. The number of carbonyl (C=O) groups is 1. The van der Waals surface area contributed by atoms with Crippen LogP contribution in [0.1, 0.15) is 25.3 Å². The van der Waals surface area contributed by atoms with Crippen LogP contribution in [0.3, 0.4) is 0 Å². The van der Waals surface area contributed by atoms with Crippen molar-refractivity contribution in [2.75, 3.05) is 13.1 Å². The molecule has 1 fully saturated rings. The molecule has 20 heavy (non-hydrogen) atoms. The van der Waals surface area contributed by atoms with E-state index in [1.54, 1.807) is 12.1 Å². The minimum absolute atomic E-state index is 0.0245. The summed E-state index contributed by atoms with van der Waals surface area (Å²) in [6.45, 7) is 2.54. The van der Waals surface area contributed by atoms with E-state index >= 15 is 0 Å². The third-order valence-corrected chi connectivity index (χ3v) is 4.78. The average molecular weight is 296 g/mol. The predicted octanol–water partition coefficient (Wildman–Crippen LogP) is 1.05. The second-order valence-electron chi connectivity index (χ2n) is 4.96. The van der Waals surface area contributed by atoms with Crippen molar-refractivity contribution in [3.05, 3.63) is 29.8 Å². The third-order valence-electron chi connectivity index (χ3n) is 3.31. The van der Waals surface area contributed by atoms with Crippen molar-refractivity contribution in [2.45, 2.75) is 31.1 Å². The molecule has 110 valence electrons. The summed E-state index contributed by atoms with van der Waals surface area (Å²) >= 11 is 0. The molecule has 1 saturated carbocycles. The SMILES string of the molecule is CCc1ccc(S(=O)(=O)NCCNC(=O)C2CC2)cc1. The van der Waals surface area contributed by atoms with Gasteiger partial charge in [0.05, 0.1) is 4.90 Å². The Labute approximate surface area is 119 Å². The zero-order valence-corrected chi connectivity index (χ0v) is 12.4. The van der Waals surface area contributed by atoms with Crippen LogP contribution in [0.2, 0.25) is 0 Å². The summed E-state index contributed by atoms with van der Waals surface area (Å²) in [5.41, 5.74) is 1.10. The number of hydrogen-bond acceptors (Lipinski definition) is 3. The summed E-state index contributed by atoms with van der Waals surface area (Å²) in [6, 6.07) is 6.82. The molecule has 2 N–H and O–H groups in total. The molecule has 0 radical (unpaired) electrons. The van der Waals surface area contributed by atoms with Crippen LogP contribution in [-0.2, 0) is 21.2 Å². The standard InChI is InChI=1S/C14H20N2O3S/c1-2-11-3-7-13(8-4-11)20(18,19)16-10-9-15-14(17)12-5-6-12/h3-4,7-8,12,16H,2,5-6,9-10H2,1H3,(H,15,17). The summed E-state index contributed by atoms with van der Waals surface area (Å²) in [5.74, 6) is 0.171. The van der Waals surface area contributed by atoms with Crippen molar-refractivity contribution in [3.63, 3.8) is 0 Å². The summed E-state index contributed by atoms with van der Waals surface area (Å²) < 4.78 is 26.5. The molecule has 0 saturated heterocycles. The predicted molar refractivity (Wildman–Crippen MR) is 76.7 cm³/mol. The summed E-state index contributed by atoms with van der Waals surface area (Å²) in [5, 5.41) is 2.72. The highest BCUT2D eigenvalue weighted by Gasteiger charge is 2.29. The fourth-order valence-electron chi connectivity index (χ4n) is 1.85. The van der Waals surface area contributed by atoms with Gasteiger partial charge < -0.3 is 5.32 Å². The molecule has 0 aromatic heterocycles. The monoisotopic (exact) mass is 296 g/mol. The first-order chi connectivity index (χ1) is 9.53. The molecule has 6 heteroatoms. The molecule has 0 bridgehead atoms. The first-order valence-electron chi connectivity index (χ1n) is 6.89. The molecule has 1 aliphatic rings. The Morgan fingerprint density at radius 1 is 1.20 bits per heavy atom. The molecule has 0 aliphatic heterocycles. The Morgan fingerprint density at radius 2 is 1.85 bits per heavy atom. The Kier molecular flexibility index (Phi) is 4.77. The van der Waals surface area contributed by atoms with Crippen LogP contribution < -0.4 is 10.0 Å². The van der Waals surface area contributed by atoms with Gasteiger partial charge in [0.15, 0.2) is 0 Å². The highest BCUT2D eigenvalue weighted by Crippen LogP contribution is 2.28. The van der Waals surface area contributed by atoms with Crippen LogP contribution >= 0.6 is 0 Å². The van der Waals surface area contributed by atoms with Gasteiger partial charge in [0.1, 0.15) is 0 Å². The highest BCUT2D eigenvalue weighted by atomic mass is 32.2. The van der Waals surface area contributed by atoms with E-state index in [9.17, 15) is 13.2 Å². The summed E-state index contributed by atoms with van der Waals surface area (Å²) in [6.07, 6.45) is 2.77. The van der Waals surface area contributed by atoms with Crippen molar-refractivity contribution in [1.29, 1.82) is 0 Å². The second-order valence-corrected chi connectivity index (χ2v) is 6.73. The van der Waals surface area contributed by atoms with Gasteiger partial charge in [-0.2, -0.15) is 0 Å². The second kappa shape index (κ2) is 6.37. The number of sulfonamides is 1. The van der Waals surface area contributed by atoms with E-state index in [4.69, 9.17) is 0 Å². The lowest BCUT2D eigenvalue weighted by molar-refractivity contribution is -0.122. The Morgan fingerprint density at radius 3 is 2.40 bits per heavy atom. The van der Waals surface area contributed by atoms with E-state index in [-0.39, 0.29) is 23.3 Å². The van der Waals surface area contributed by atoms with Gasteiger partial charge in [0.2, 0.25) is 15.9 Å². The summed E-state index contributed by atoms with van der Waals surface area (Å²) in [7, 11) is -3.49. The topological polar surface area (TPSA) is 75.3 Å². The van der Waals surface area contributed by atoms with Gasteiger partial charge in [-0.15, -0.1) is 0 Å². The quantitative estimate of drug-likeness (QED) is 0.739. The average Bonchev–Trinajstić information content (AvgIpc) is 3.28. The number of aryl methyl sites for hydroxylation is 1. The van der Waals surface area contributed by atoms with Gasteiger partial charge in [-0.1, -0.05) is 19.1 Å². The van der Waals surface area contributed by atoms with E-state index in [1.165, 1.54) is 0 Å². The van der Waals surface area contributed by atoms with Crippen molar-refractivity contribution in [3.8, 4) is 0 Å². The van der Waals surface area contributed by atoms with Crippen molar-refractivity contribution >= 4 is 15.9 Å². The fraction of sp³-hybridized carbons (Fsp3) is 0.500. The molecule has 5 nitrogen and oxygen atoms in total. The van der Waals surface area contributed by atoms with Crippen molar-refractivity contribution in [2.24, 2.45) is 5.92 Å². The maximum absolute atomic E-state index is 12.0. The molecular weight excluding hydrogens is 276 g/mol. The smallest absolute Gasteiger partial charge is 0.240 e. The van der Waals surface area contributed by atoms with Crippen LogP contribution in [0, 0.1) is 5.92 Å². The minimum Gasteiger partial charge on any atom is -0.355 e. The third kappa shape index (κ3) is 4.05. The first kappa shape index (κ1) is 15.0. The van der Waals surface area contributed by atoms with Gasteiger partial charge in [0.25, 0.3) is 0 Å². The van der Waals surface area contributed by atoms with Gasteiger partial charge >= 0.3 is 0 Å². The molecule has 1 amide bonds. The number of amides is 1. The largest absolute Gasteiger partial charge is 0.355 e. The zero-order chi connectivity index (χ0) is 14.6. The number of carbonyl (C=O) groups excluding carboxylic acids is 1. The number of benzene rings is 1. The summed E-state index contributed by atoms with van der Waals surface area (Å²) in [4.78, 5) is 11.6. The molecule has 1 aromatic carbocycles. The molecule has 0 unspecified atom stereocenters. The van der Waals surface area contributed by atoms with E-state index in [1.807, 2.05) is 19.1 Å². The van der Waals surface area contributed by atoms with Crippen LogP contribution in [0.15, 0.2) is 29.2 Å². The van der Waals surface area contributed by atoms with E-state index in [0.717, 1.165) is 24.8 Å². The van der Waals surface area contributed by atoms with Crippen molar-refractivity contribution in [1.82, 2.24) is 10.0 Å². The zero-order valence-electron chi connectivity index (χ0n) is 11.6. The van der Waals surface area contributed by atoms with Gasteiger partial charge in [-0.05, 0) is 37.0 Å². The Balaban J connectivity index is 1.81. The molecular formula is C14H20N2O3S. The fourth-order valence-corrected chi connectivity index (χ4v) is 2.88. The lowest BCUT2D eigenvalue weighted by atomic mass is 10.2. The Bertz CT molecular complexity index is 563. The molecule has 0 atom stereocenters. The lowest BCUT2D eigenvalue weighted by Gasteiger charge is -2.08. The minimum atomic E-state index is -3.49. The molecule has 1 aliphatic carbocycles. The van der Waals surface area contributed by atoms with Crippen LogP contribution in [-0.4, -0.2) is 27.4 Å². The first-order valence-corrected chi connectivity index (χ1v) is 8.37. The van der Waals surface area contributed by atoms with E-state index in [2.05, 4.69) is 10.0 Å². The normalized spacial score (nSPS) is 15.1. The van der Waals surface area contributed by atoms with Gasteiger partial charge in [0, 0.05) is 19.0 Å².